The Morgan fingerprint density at radius 1 is 1.20 bits per heavy atom. The third kappa shape index (κ3) is 2.48. The number of nitrogens with zero attached hydrogens (tertiary/aromatic N) is 2. The maximum Gasteiger partial charge on any atom is 0.106 e. The molecular formula is C12H13BrN2. The van der Waals surface area contributed by atoms with Gasteiger partial charge in [-0.15, -0.1) is 0 Å². The van der Waals surface area contributed by atoms with Crippen molar-refractivity contribution in [1.29, 1.82) is 0 Å². The Kier molecular flexibility index (Phi) is 2.91. The first-order valence-corrected chi connectivity index (χ1v) is 5.69. The number of imidazole rings is 1. The van der Waals surface area contributed by atoms with Gasteiger partial charge in [-0.25, -0.2) is 4.98 Å². The Hall–Kier alpha value is -1.09. The van der Waals surface area contributed by atoms with E-state index >= 15 is 0 Å². The number of hydrogen-bond acceptors (Lipinski definition) is 1. The lowest BCUT2D eigenvalue weighted by Crippen LogP contribution is -2.00. The number of benzene rings is 1. The van der Waals surface area contributed by atoms with E-state index in [2.05, 4.69) is 55.9 Å². The van der Waals surface area contributed by atoms with E-state index < -0.39 is 0 Å². The van der Waals surface area contributed by atoms with Gasteiger partial charge in [-0.1, -0.05) is 28.1 Å². The van der Waals surface area contributed by atoms with Crippen LogP contribution < -0.4 is 0 Å². The molecule has 1 aromatic heterocycles. The fourth-order valence-corrected chi connectivity index (χ4v) is 1.88. The molecule has 0 atom stereocenters. The zero-order valence-corrected chi connectivity index (χ0v) is 10.5. The van der Waals surface area contributed by atoms with Crippen LogP contribution in [0.15, 0.2) is 34.9 Å². The zero-order valence-electron chi connectivity index (χ0n) is 8.87. The lowest BCUT2D eigenvalue weighted by Gasteiger charge is -2.04. The van der Waals surface area contributed by atoms with Gasteiger partial charge in [0.05, 0.1) is 5.69 Å². The summed E-state index contributed by atoms with van der Waals surface area (Å²) in [6, 6.07) is 8.38. The summed E-state index contributed by atoms with van der Waals surface area (Å²) in [6.07, 6.45) is 2.08. The second-order valence-electron chi connectivity index (χ2n) is 3.68. The van der Waals surface area contributed by atoms with Crippen LogP contribution >= 0.6 is 15.9 Å². The number of hydrogen-bond donors (Lipinski definition) is 0. The first-order valence-electron chi connectivity index (χ1n) is 4.90. The predicted molar refractivity (Wildman–Crippen MR) is 64.9 cm³/mol. The third-order valence-corrected chi connectivity index (χ3v) is 2.89. The highest BCUT2D eigenvalue weighted by Crippen LogP contribution is 2.12. The van der Waals surface area contributed by atoms with Gasteiger partial charge in [0.2, 0.25) is 0 Å². The molecular weight excluding hydrogens is 252 g/mol. The van der Waals surface area contributed by atoms with Crippen LogP contribution in [0.1, 0.15) is 17.1 Å². The molecule has 0 bridgehead atoms. The van der Waals surface area contributed by atoms with E-state index in [1.165, 1.54) is 5.56 Å². The first-order chi connectivity index (χ1) is 7.15. The van der Waals surface area contributed by atoms with Crippen molar-refractivity contribution in [2.45, 2.75) is 20.4 Å². The minimum absolute atomic E-state index is 0.889. The number of halogens is 1. The number of aryl methyl sites for hydroxylation is 2. The largest absolute Gasteiger partial charge is 0.330 e. The molecule has 3 heteroatoms. The van der Waals surface area contributed by atoms with Crippen molar-refractivity contribution in [2.75, 3.05) is 0 Å². The van der Waals surface area contributed by atoms with Crippen LogP contribution in [-0.4, -0.2) is 9.55 Å². The van der Waals surface area contributed by atoms with Gasteiger partial charge in [0, 0.05) is 17.2 Å². The summed E-state index contributed by atoms with van der Waals surface area (Å²) in [4.78, 5) is 4.38. The van der Waals surface area contributed by atoms with Crippen molar-refractivity contribution < 1.29 is 0 Å². The molecule has 2 aromatic rings. The summed E-state index contributed by atoms with van der Waals surface area (Å²) in [5, 5.41) is 0. The van der Waals surface area contributed by atoms with E-state index in [0.29, 0.717) is 0 Å². The summed E-state index contributed by atoms with van der Waals surface area (Å²) in [6.45, 7) is 4.94. The number of rotatable bonds is 2. The first kappa shape index (κ1) is 10.4. The van der Waals surface area contributed by atoms with E-state index in [1.807, 2.05) is 13.8 Å². The van der Waals surface area contributed by atoms with E-state index in [9.17, 15) is 0 Å². The summed E-state index contributed by atoms with van der Waals surface area (Å²) in [7, 11) is 0. The number of aromatic nitrogens is 2. The van der Waals surface area contributed by atoms with Crippen molar-refractivity contribution in [1.82, 2.24) is 9.55 Å². The van der Waals surface area contributed by atoms with Crippen LogP contribution in [0.3, 0.4) is 0 Å². The van der Waals surface area contributed by atoms with Gasteiger partial charge in [-0.3, -0.25) is 0 Å². The van der Waals surface area contributed by atoms with Gasteiger partial charge in [-0.2, -0.15) is 0 Å². The molecule has 1 heterocycles. The summed E-state index contributed by atoms with van der Waals surface area (Å²) in [5.41, 5.74) is 2.36. The molecule has 0 spiro atoms. The molecule has 0 aliphatic carbocycles. The highest BCUT2D eigenvalue weighted by Gasteiger charge is 2.01. The van der Waals surface area contributed by atoms with Gasteiger partial charge in [-0.05, 0) is 31.5 Å². The van der Waals surface area contributed by atoms with Crippen molar-refractivity contribution in [3.63, 3.8) is 0 Å². The summed E-state index contributed by atoms with van der Waals surface area (Å²) in [5.74, 6) is 1.07. The standard InChI is InChI=1S/C12H13BrN2/c1-9-7-15(10(2)14-9)8-11-3-5-12(13)6-4-11/h3-7H,8H2,1-2H3. The van der Waals surface area contributed by atoms with Crippen molar-refractivity contribution >= 4 is 15.9 Å². The van der Waals surface area contributed by atoms with Crippen molar-refractivity contribution in [3.05, 3.63) is 52.0 Å². The quantitative estimate of drug-likeness (QED) is 0.814. The van der Waals surface area contributed by atoms with Crippen LogP contribution in [0.5, 0.6) is 0 Å². The Morgan fingerprint density at radius 3 is 2.40 bits per heavy atom. The fourth-order valence-electron chi connectivity index (χ4n) is 1.61. The molecule has 0 N–H and O–H groups in total. The summed E-state index contributed by atoms with van der Waals surface area (Å²) >= 11 is 3.43. The molecule has 78 valence electrons. The molecule has 2 rings (SSSR count). The van der Waals surface area contributed by atoms with E-state index in [0.717, 1.165) is 22.5 Å². The minimum atomic E-state index is 0.889. The second kappa shape index (κ2) is 4.19. The predicted octanol–water partition coefficient (Wildman–Crippen LogP) is 3.31. The molecule has 2 nitrogen and oxygen atoms in total. The Balaban J connectivity index is 2.21. The fraction of sp³-hybridized carbons (Fsp3) is 0.250. The maximum atomic E-state index is 4.38. The molecule has 1 aromatic carbocycles. The van der Waals surface area contributed by atoms with Crippen molar-refractivity contribution in [2.24, 2.45) is 0 Å². The molecule has 0 saturated carbocycles. The van der Waals surface area contributed by atoms with Gasteiger partial charge in [0.25, 0.3) is 0 Å². The third-order valence-electron chi connectivity index (χ3n) is 2.36. The van der Waals surface area contributed by atoms with Crippen LogP contribution in [0.4, 0.5) is 0 Å². The van der Waals surface area contributed by atoms with E-state index in [1.54, 1.807) is 0 Å². The normalized spacial score (nSPS) is 10.6. The Morgan fingerprint density at radius 2 is 1.87 bits per heavy atom. The minimum Gasteiger partial charge on any atom is -0.330 e. The smallest absolute Gasteiger partial charge is 0.106 e. The molecule has 0 radical (unpaired) electrons. The molecule has 0 aliphatic heterocycles. The van der Waals surface area contributed by atoms with Gasteiger partial charge in [0.1, 0.15) is 5.82 Å². The molecule has 0 fully saturated rings. The highest BCUT2D eigenvalue weighted by molar-refractivity contribution is 9.10. The van der Waals surface area contributed by atoms with Crippen LogP contribution in [0.2, 0.25) is 0 Å². The van der Waals surface area contributed by atoms with Crippen LogP contribution in [0.25, 0.3) is 0 Å². The van der Waals surface area contributed by atoms with E-state index in [4.69, 9.17) is 0 Å². The molecule has 0 amide bonds. The summed E-state index contributed by atoms with van der Waals surface area (Å²) < 4.78 is 3.28. The van der Waals surface area contributed by atoms with Gasteiger partial charge in [0.15, 0.2) is 0 Å². The van der Waals surface area contributed by atoms with Crippen LogP contribution in [0, 0.1) is 13.8 Å². The molecule has 0 aliphatic rings. The lowest BCUT2D eigenvalue weighted by molar-refractivity contribution is 0.761. The highest BCUT2D eigenvalue weighted by atomic mass is 79.9. The lowest BCUT2D eigenvalue weighted by atomic mass is 10.2. The molecule has 0 saturated heterocycles. The Labute approximate surface area is 98.1 Å². The molecule has 0 unspecified atom stereocenters. The maximum absolute atomic E-state index is 4.38. The SMILES string of the molecule is Cc1cn(Cc2ccc(Br)cc2)c(C)n1. The molecule has 15 heavy (non-hydrogen) atoms. The van der Waals surface area contributed by atoms with E-state index in [-0.39, 0.29) is 0 Å². The topological polar surface area (TPSA) is 17.8 Å². The Bertz CT molecular complexity index is 457. The van der Waals surface area contributed by atoms with Gasteiger partial charge < -0.3 is 4.57 Å². The second-order valence-corrected chi connectivity index (χ2v) is 4.60. The average Bonchev–Trinajstić information content (AvgIpc) is 2.49. The van der Waals surface area contributed by atoms with Crippen molar-refractivity contribution in [3.8, 4) is 0 Å². The van der Waals surface area contributed by atoms with Gasteiger partial charge >= 0.3 is 0 Å². The monoisotopic (exact) mass is 264 g/mol. The van der Waals surface area contributed by atoms with Crippen LogP contribution in [-0.2, 0) is 6.54 Å². The zero-order chi connectivity index (χ0) is 10.8. The average molecular weight is 265 g/mol.